The molecule has 4 heteroatoms. The molecule has 0 aromatic carbocycles. The fourth-order valence-corrected chi connectivity index (χ4v) is 0.203. The van der Waals surface area contributed by atoms with E-state index in [0.29, 0.717) is 6.61 Å². The predicted molar refractivity (Wildman–Crippen MR) is 33.9 cm³/mol. The van der Waals surface area contributed by atoms with Gasteiger partial charge in [-0.2, -0.15) is 0 Å². The van der Waals surface area contributed by atoms with Crippen LogP contribution in [0.1, 0.15) is 13.8 Å². The molecular formula is C5H11BrMgO2. The van der Waals surface area contributed by atoms with E-state index in [1.807, 2.05) is 26.8 Å². The van der Waals surface area contributed by atoms with Crippen molar-refractivity contribution in [1.29, 1.82) is 0 Å². The van der Waals surface area contributed by atoms with Gasteiger partial charge in [-0.05, 0) is 6.92 Å². The number of hydrogen-bond donors (Lipinski definition) is 0. The molecule has 0 amide bonds. The summed E-state index contributed by atoms with van der Waals surface area (Å²) >= 11 is 1.86. The number of carbonyl (C=O) groups excluding carboxylic acids is 1. The number of rotatable bonds is 1. The van der Waals surface area contributed by atoms with Crippen LogP contribution in [0.25, 0.3) is 0 Å². The van der Waals surface area contributed by atoms with Crippen molar-refractivity contribution >= 4 is 27.7 Å². The van der Waals surface area contributed by atoms with E-state index < -0.39 is 0 Å². The molecule has 0 aromatic heterocycles. The van der Waals surface area contributed by atoms with Gasteiger partial charge in [-0.3, -0.25) is 4.79 Å². The normalized spacial score (nSPS) is 5.89. The van der Waals surface area contributed by atoms with Gasteiger partial charge in [0.25, 0.3) is 0 Å². The average Bonchev–Trinajstić information content (AvgIpc) is 1.72. The third-order valence-electron chi connectivity index (χ3n) is 0.348. The summed E-state index contributed by atoms with van der Waals surface area (Å²) in [5.74, 6) is -0.211. The number of carbonyl (C=O) groups is 1. The standard InChI is InChI=1S/C4H8O2.CH3.BrH.Mg/c1-3-6-4(2)5;;;/h3H2,1-2H3;1H3;1H;/q;;;+1/p-1. The summed E-state index contributed by atoms with van der Waals surface area (Å²) < 4.78 is 4.40. The van der Waals surface area contributed by atoms with Crippen LogP contribution < -0.4 is 17.0 Å². The molecule has 0 bridgehead atoms. The Morgan fingerprint density at radius 3 is 1.89 bits per heavy atom. The van der Waals surface area contributed by atoms with Crippen molar-refractivity contribution in [2.75, 3.05) is 6.61 Å². The topological polar surface area (TPSA) is 26.3 Å². The van der Waals surface area contributed by atoms with Gasteiger partial charge >= 0.3 is 32.7 Å². The molecule has 0 spiro atoms. The van der Waals surface area contributed by atoms with E-state index in [0.717, 1.165) is 0 Å². The molecule has 0 N–H and O–H groups in total. The van der Waals surface area contributed by atoms with Gasteiger partial charge in [0.2, 0.25) is 0 Å². The second-order valence-corrected chi connectivity index (χ2v) is 0.925. The summed E-state index contributed by atoms with van der Waals surface area (Å²) in [5, 5.41) is 2.03. The minimum absolute atomic E-state index is 0. The number of hydrogen-bond acceptors (Lipinski definition) is 2. The monoisotopic (exact) mass is 206 g/mol. The van der Waals surface area contributed by atoms with Crippen molar-refractivity contribution in [2.24, 2.45) is 0 Å². The van der Waals surface area contributed by atoms with Gasteiger partial charge in [-0.15, -0.1) is 0 Å². The molecule has 52 valence electrons. The van der Waals surface area contributed by atoms with Crippen molar-refractivity contribution < 1.29 is 26.5 Å². The third kappa shape index (κ3) is 28.5. The van der Waals surface area contributed by atoms with Crippen LogP contribution in [-0.4, -0.2) is 34.3 Å². The predicted octanol–water partition coefficient (Wildman–Crippen LogP) is -2.22. The molecule has 0 saturated carbocycles. The number of esters is 1. The van der Waals surface area contributed by atoms with E-state index in [2.05, 4.69) is 4.74 Å². The first-order chi connectivity index (χ1) is 3.77. The van der Waals surface area contributed by atoms with Gasteiger partial charge < -0.3 is 21.7 Å². The molecule has 0 aliphatic heterocycles. The zero-order chi connectivity index (χ0) is 6.99. The van der Waals surface area contributed by atoms with Crippen molar-refractivity contribution in [1.82, 2.24) is 0 Å². The second kappa shape index (κ2) is 15.9. The van der Waals surface area contributed by atoms with Crippen LogP contribution in [0.5, 0.6) is 0 Å². The Morgan fingerprint density at radius 1 is 1.56 bits per heavy atom. The molecule has 0 atom stereocenters. The summed E-state index contributed by atoms with van der Waals surface area (Å²) in [7, 11) is 0. The molecule has 0 radical (unpaired) electrons. The first-order valence-corrected chi connectivity index (χ1v) is 4.03. The van der Waals surface area contributed by atoms with Crippen LogP contribution in [0.3, 0.4) is 0 Å². The molecule has 9 heavy (non-hydrogen) atoms. The molecular weight excluding hydrogens is 196 g/mol. The summed E-state index contributed by atoms with van der Waals surface area (Å²) in [6.07, 6.45) is 0. The van der Waals surface area contributed by atoms with Crippen molar-refractivity contribution in [3.05, 3.63) is 0 Å². The summed E-state index contributed by atoms with van der Waals surface area (Å²) in [4.78, 5) is 9.82. The Bertz CT molecular complexity index is 58.9. The SMILES string of the molecule is CCOC(C)=O.[Br-].[CH3][Mg+]. The molecule has 0 aliphatic carbocycles. The van der Waals surface area contributed by atoms with Crippen LogP contribution in [0.15, 0.2) is 0 Å². The van der Waals surface area contributed by atoms with Crippen molar-refractivity contribution in [3.63, 3.8) is 0 Å². The van der Waals surface area contributed by atoms with Gasteiger partial charge in [0, 0.05) is 6.92 Å². The van der Waals surface area contributed by atoms with E-state index in [9.17, 15) is 4.79 Å². The first-order valence-electron chi connectivity index (χ1n) is 2.61. The van der Waals surface area contributed by atoms with E-state index >= 15 is 0 Å². The molecule has 2 nitrogen and oxygen atoms in total. The fraction of sp³-hybridized carbons (Fsp3) is 0.800. The molecule has 0 aliphatic rings. The Kier molecular flexibility index (Phi) is 28.9. The molecule has 0 aromatic rings. The van der Waals surface area contributed by atoms with E-state index in [1.54, 1.807) is 6.92 Å². The van der Waals surface area contributed by atoms with Crippen molar-refractivity contribution in [2.45, 2.75) is 18.9 Å². The van der Waals surface area contributed by atoms with Crippen LogP contribution in [0.4, 0.5) is 0 Å². The minimum atomic E-state index is -0.211. The Morgan fingerprint density at radius 2 is 1.89 bits per heavy atom. The Labute approximate surface area is 79.5 Å². The van der Waals surface area contributed by atoms with Gasteiger partial charge in [0.05, 0.1) is 6.61 Å². The quantitative estimate of drug-likeness (QED) is 0.360. The third-order valence-corrected chi connectivity index (χ3v) is 0.348. The van der Waals surface area contributed by atoms with Gasteiger partial charge in [0.15, 0.2) is 0 Å². The summed E-state index contributed by atoms with van der Waals surface area (Å²) in [5.41, 5.74) is 0. The summed E-state index contributed by atoms with van der Waals surface area (Å²) in [6, 6.07) is 0. The summed E-state index contributed by atoms with van der Waals surface area (Å²) in [6.45, 7) is 3.65. The maximum absolute atomic E-state index is 9.82. The maximum atomic E-state index is 9.82. The molecule has 0 saturated heterocycles. The van der Waals surface area contributed by atoms with Gasteiger partial charge in [-0.1, -0.05) is 0 Å². The van der Waals surface area contributed by atoms with Gasteiger partial charge in [-0.25, -0.2) is 0 Å². The number of halogens is 1. The first kappa shape index (κ1) is 16.4. The van der Waals surface area contributed by atoms with Crippen LogP contribution in [0, 0.1) is 0 Å². The second-order valence-electron chi connectivity index (χ2n) is 0.925. The molecule has 0 unspecified atom stereocenters. The van der Waals surface area contributed by atoms with Crippen LogP contribution in [0.2, 0.25) is 5.05 Å². The number of ether oxygens (including phenoxy) is 1. The zero-order valence-electron chi connectivity index (χ0n) is 6.11. The van der Waals surface area contributed by atoms with E-state index in [1.165, 1.54) is 6.92 Å². The molecule has 0 rings (SSSR count). The Balaban J connectivity index is -0.000000109. The Hall–Kier alpha value is 0.716. The van der Waals surface area contributed by atoms with E-state index in [-0.39, 0.29) is 23.0 Å². The zero-order valence-corrected chi connectivity index (χ0v) is 9.11. The van der Waals surface area contributed by atoms with Crippen molar-refractivity contribution in [3.8, 4) is 0 Å². The fourth-order valence-electron chi connectivity index (χ4n) is 0.203. The average molecular weight is 207 g/mol. The van der Waals surface area contributed by atoms with Crippen LogP contribution >= 0.6 is 0 Å². The van der Waals surface area contributed by atoms with Crippen LogP contribution in [-0.2, 0) is 9.53 Å². The molecule has 0 heterocycles. The molecule has 0 fully saturated rings. The van der Waals surface area contributed by atoms with E-state index in [4.69, 9.17) is 0 Å². The van der Waals surface area contributed by atoms with Gasteiger partial charge in [0.1, 0.15) is 0 Å².